The smallest absolute Gasteiger partial charge is 0.254 e. The van der Waals surface area contributed by atoms with Crippen molar-refractivity contribution in [2.75, 3.05) is 7.05 Å². The molecule has 5 heteroatoms. The SMILES string of the molecule is CN(C(=O)c1ccc(Cl)cc1)[C@@]1(c2ccccc2Cl)CCCCC1=O. The van der Waals surface area contributed by atoms with E-state index in [2.05, 4.69) is 0 Å². The molecule has 0 saturated heterocycles. The van der Waals surface area contributed by atoms with E-state index in [9.17, 15) is 9.59 Å². The maximum atomic E-state index is 13.1. The number of hydrogen-bond donors (Lipinski definition) is 0. The van der Waals surface area contributed by atoms with Gasteiger partial charge in [0.05, 0.1) is 0 Å². The van der Waals surface area contributed by atoms with Crippen molar-refractivity contribution in [3.05, 3.63) is 69.7 Å². The van der Waals surface area contributed by atoms with Crippen LogP contribution in [0.5, 0.6) is 0 Å². The molecule has 1 atom stereocenters. The van der Waals surface area contributed by atoms with Crippen LogP contribution in [0.1, 0.15) is 41.6 Å². The Bertz CT molecular complexity index is 804. The fraction of sp³-hybridized carbons (Fsp3) is 0.300. The Morgan fingerprint density at radius 1 is 1.04 bits per heavy atom. The lowest BCUT2D eigenvalue weighted by molar-refractivity contribution is -0.132. The monoisotopic (exact) mass is 375 g/mol. The molecule has 3 rings (SSSR count). The first-order valence-corrected chi connectivity index (χ1v) is 9.04. The highest BCUT2D eigenvalue weighted by molar-refractivity contribution is 6.32. The molecule has 1 saturated carbocycles. The van der Waals surface area contributed by atoms with Gasteiger partial charge in [-0.2, -0.15) is 0 Å². The Balaban J connectivity index is 2.08. The first kappa shape index (κ1) is 18.0. The average molecular weight is 376 g/mol. The van der Waals surface area contributed by atoms with Crippen molar-refractivity contribution in [3.8, 4) is 0 Å². The van der Waals surface area contributed by atoms with Crippen molar-refractivity contribution in [2.45, 2.75) is 31.2 Å². The number of carbonyl (C=O) groups is 2. The molecule has 130 valence electrons. The van der Waals surface area contributed by atoms with Gasteiger partial charge < -0.3 is 4.90 Å². The minimum atomic E-state index is -1.02. The van der Waals surface area contributed by atoms with Crippen LogP contribution in [0.2, 0.25) is 10.0 Å². The van der Waals surface area contributed by atoms with Gasteiger partial charge >= 0.3 is 0 Å². The summed E-state index contributed by atoms with van der Waals surface area (Å²) in [5.74, 6) is -0.177. The first-order chi connectivity index (χ1) is 12.0. The number of amides is 1. The van der Waals surface area contributed by atoms with E-state index in [-0.39, 0.29) is 11.7 Å². The van der Waals surface area contributed by atoms with Crippen LogP contribution in [-0.4, -0.2) is 23.6 Å². The summed E-state index contributed by atoms with van der Waals surface area (Å²) in [6, 6.07) is 14.0. The average Bonchev–Trinajstić information content (AvgIpc) is 2.62. The molecule has 0 bridgehead atoms. The molecule has 2 aromatic rings. The minimum Gasteiger partial charge on any atom is -0.325 e. The molecular weight excluding hydrogens is 357 g/mol. The molecule has 1 fully saturated rings. The Morgan fingerprint density at radius 2 is 1.72 bits per heavy atom. The number of carbonyl (C=O) groups excluding carboxylic acids is 2. The molecule has 0 spiro atoms. The van der Waals surface area contributed by atoms with Crippen LogP contribution < -0.4 is 0 Å². The van der Waals surface area contributed by atoms with Gasteiger partial charge in [-0.05, 0) is 49.6 Å². The van der Waals surface area contributed by atoms with Crippen molar-refractivity contribution in [3.63, 3.8) is 0 Å². The fourth-order valence-corrected chi connectivity index (χ4v) is 4.01. The summed E-state index contributed by atoms with van der Waals surface area (Å²) in [6.45, 7) is 0. The van der Waals surface area contributed by atoms with Gasteiger partial charge in [0, 0.05) is 34.6 Å². The van der Waals surface area contributed by atoms with Crippen molar-refractivity contribution < 1.29 is 9.59 Å². The zero-order valence-corrected chi connectivity index (χ0v) is 15.5. The van der Waals surface area contributed by atoms with Crippen LogP contribution in [-0.2, 0) is 10.3 Å². The van der Waals surface area contributed by atoms with Crippen LogP contribution in [0, 0.1) is 0 Å². The highest BCUT2D eigenvalue weighted by atomic mass is 35.5. The molecule has 3 nitrogen and oxygen atoms in total. The standard InChI is InChI=1S/C20H19Cl2NO2/c1-23(19(25)14-9-11-15(21)12-10-14)20(13-5-4-8-18(20)24)16-6-2-3-7-17(16)22/h2-3,6-7,9-12H,4-5,8,13H2,1H3/t20-/m1/s1. The third kappa shape index (κ3) is 3.19. The minimum absolute atomic E-state index is 0.0386. The molecule has 2 aromatic carbocycles. The summed E-state index contributed by atoms with van der Waals surface area (Å²) in [5, 5.41) is 1.07. The van der Waals surface area contributed by atoms with Crippen LogP contribution in [0.4, 0.5) is 0 Å². The molecule has 1 aliphatic carbocycles. The summed E-state index contributed by atoms with van der Waals surface area (Å²) >= 11 is 12.3. The third-order valence-electron chi connectivity index (χ3n) is 4.94. The van der Waals surface area contributed by atoms with E-state index in [0.717, 1.165) is 12.8 Å². The van der Waals surface area contributed by atoms with Crippen LogP contribution in [0.15, 0.2) is 48.5 Å². The van der Waals surface area contributed by atoms with Crippen LogP contribution in [0.3, 0.4) is 0 Å². The Morgan fingerprint density at radius 3 is 2.36 bits per heavy atom. The summed E-state index contributed by atoms with van der Waals surface area (Å²) in [4.78, 5) is 27.7. The summed E-state index contributed by atoms with van der Waals surface area (Å²) in [7, 11) is 1.68. The number of benzene rings is 2. The number of halogens is 2. The summed E-state index contributed by atoms with van der Waals surface area (Å²) in [5.41, 5.74) is 0.177. The van der Waals surface area contributed by atoms with Crippen molar-refractivity contribution in [1.29, 1.82) is 0 Å². The maximum absolute atomic E-state index is 13.1. The Kier molecular flexibility index (Phi) is 5.16. The van der Waals surface area contributed by atoms with Gasteiger partial charge in [0.15, 0.2) is 5.78 Å². The van der Waals surface area contributed by atoms with Gasteiger partial charge in [0.25, 0.3) is 5.91 Å². The van der Waals surface area contributed by atoms with E-state index in [1.54, 1.807) is 42.3 Å². The molecule has 0 unspecified atom stereocenters. The maximum Gasteiger partial charge on any atom is 0.254 e. The highest BCUT2D eigenvalue weighted by Crippen LogP contribution is 2.42. The molecule has 0 heterocycles. The van der Waals surface area contributed by atoms with E-state index in [4.69, 9.17) is 23.2 Å². The molecular formula is C20H19Cl2NO2. The predicted molar refractivity (Wildman–Crippen MR) is 100 cm³/mol. The normalized spacial score (nSPS) is 20.4. The van der Waals surface area contributed by atoms with Gasteiger partial charge in [-0.3, -0.25) is 9.59 Å². The number of likely N-dealkylation sites (N-methyl/N-ethyl adjacent to an activating group) is 1. The molecule has 0 N–H and O–H groups in total. The van der Waals surface area contributed by atoms with Gasteiger partial charge in [-0.15, -0.1) is 0 Å². The van der Waals surface area contributed by atoms with Gasteiger partial charge in [-0.1, -0.05) is 41.4 Å². The predicted octanol–water partition coefficient (Wildman–Crippen LogP) is 5.10. The Hall–Kier alpha value is -1.84. The molecule has 0 aliphatic heterocycles. The molecule has 1 amide bonds. The van der Waals surface area contributed by atoms with E-state index >= 15 is 0 Å². The number of ketones is 1. The molecule has 25 heavy (non-hydrogen) atoms. The van der Waals surface area contributed by atoms with E-state index < -0.39 is 5.54 Å². The van der Waals surface area contributed by atoms with Gasteiger partial charge in [0.2, 0.25) is 0 Å². The zero-order chi connectivity index (χ0) is 18.0. The highest BCUT2D eigenvalue weighted by Gasteiger charge is 2.48. The van der Waals surface area contributed by atoms with Crippen LogP contribution >= 0.6 is 23.2 Å². The third-order valence-corrected chi connectivity index (χ3v) is 5.52. The number of hydrogen-bond acceptors (Lipinski definition) is 2. The van der Waals surface area contributed by atoms with Crippen molar-refractivity contribution in [2.24, 2.45) is 0 Å². The summed E-state index contributed by atoms with van der Waals surface area (Å²) < 4.78 is 0. The van der Waals surface area contributed by atoms with Gasteiger partial charge in [0.1, 0.15) is 5.54 Å². The van der Waals surface area contributed by atoms with E-state index in [1.807, 2.05) is 18.2 Å². The number of Topliss-reactive ketones (excluding diaryl/α,β-unsaturated/α-hetero) is 1. The number of nitrogens with zero attached hydrogens (tertiary/aromatic N) is 1. The van der Waals surface area contributed by atoms with E-state index in [1.165, 1.54) is 0 Å². The van der Waals surface area contributed by atoms with Gasteiger partial charge in [-0.25, -0.2) is 0 Å². The second-order valence-electron chi connectivity index (χ2n) is 6.34. The van der Waals surface area contributed by atoms with E-state index in [0.29, 0.717) is 34.0 Å². The first-order valence-electron chi connectivity index (χ1n) is 8.29. The second kappa shape index (κ2) is 7.19. The quantitative estimate of drug-likeness (QED) is 0.747. The molecule has 1 aliphatic rings. The summed E-state index contributed by atoms with van der Waals surface area (Å²) in [6.07, 6.45) is 2.73. The molecule has 0 radical (unpaired) electrons. The lowest BCUT2D eigenvalue weighted by Gasteiger charge is -2.44. The largest absolute Gasteiger partial charge is 0.325 e. The number of rotatable bonds is 3. The van der Waals surface area contributed by atoms with Crippen molar-refractivity contribution >= 4 is 34.9 Å². The van der Waals surface area contributed by atoms with Crippen molar-refractivity contribution in [1.82, 2.24) is 4.90 Å². The molecule has 0 aromatic heterocycles. The van der Waals surface area contributed by atoms with Crippen LogP contribution in [0.25, 0.3) is 0 Å². The zero-order valence-electron chi connectivity index (χ0n) is 14.0. The topological polar surface area (TPSA) is 37.4 Å². The Labute approximate surface area is 157 Å². The lowest BCUT2D eigenvalue weighted by atomic mass is 9.74. The lowest BCUT2D eigenvalue weighted by Crippen LogP contribution is -2.54. The second-order valence-corrected chi connectivity index (χ2v) is 7.19. The fourth-order valence-electron chi connectivity index (χ4n) is 3.59.